The fourth-order valence-electron chi connectivity index (χ4n) is 2.77. The fraction of sp³-hybridized carbons (Fsp3) is 0.333. The number of nitrogens with one attached hydrogen (secondary N) is 1. The number of carbonyl (C=O) groups excluding carboxylic acids is 1. The lowest BCUT2D eigenvalue weighted by molar-refractivity contribution is -0.116. The van der Waals surface area contributed by atoms with E-state index in [4.69, 9.17) is 0 Å². The largest absolute Gasteiger partial charge is 0.326 e. The number of amides is 1. The molecule has 136 valence electrons. The van der Waals surface area contributed by atoms with Gasteiger partial charge in [0, 0.05) is 28.4 Å². The molecule has 0 unspecified atom stereocenters. The molecule has 0 bridgehead atoms. The zero-order valence-electron chi connectivity index (χ0n) is 15.2. The van der Waals surface area contributed by atoms with E-state index < -0.39 is 0 Å². The Labute approximate surface area is 161 Å². The van der Waals surface area contributed by atoms with Gasteiger partial charge in [-0.15, -0.1) is 16.9 Å². The zero-order valence-corrected chi connectivity index (χ0v) is 16.9. The molecule has 0 aliphatic carbocycles. The molecule has 0 radical (unpaired) electrons. The first-order valence-electron chi connectivity index (χ1n) is 8.22. The van der Waals surface area contributed by atoms with Crippen LogP contribution >= 0.6 is 23.5 Å². The van der Waals surface area contributed by atoms with Crippen molar-refractivity contribution in [2.45, 2.75) is 36.7 Å². The highest BCUT2D eigenvalue weighted by Gasteiger charge is 2.14. The number of nitrogens with zero attached hydrogens (tertiary/aromatic N) is 4. The number of aromatic nitrogens is 4. The molecule has 0 aliphatic rings. The Morgan fingerprint density at radius 3 is 2.50 bits per heavy atom. The third-order valence-electron chi connectivity index (χ3n) is 4.19. The Hall–Kier alpha value is -2.06. The van der Waals surface area contributed by atoms with Crippen molar-refractivity contribution in [1.82, 2.24) is 19.6 Å². The van der Waals surface area contributed by atoms with E-state index in [-0.39, 0.29) is 5.91 Å². The molecule has 1 N–H and O–H groups in total. The summed E-state index contributed by atoms with van der Waals surface area (Å²) in [5.74, 6) is 0.593. The summed E-state index contributed by atoms with van der Waals surface area (Å²) in [6.07, 6.45) is 4.97. The van der Waals surface area contributed by atoms with Gasteiger partial charge < -0.3 is 5.32 Å². The highest BCUT2D eigenvalue weighted by Crippen LogP contribution is 2.20. The maximum absolute atomic E-state index is 12.3. The second-order valence-corrected chi connectivity index (χ2v) is 7.50. The molecule has 1 aromatic carbocycles. The molecular formula is C18H21N5OS2. The number of fused-ring (bicyclic) bond motifs is 1. The first-order chi connectivity index (χ1) is 12.5. The monoisotopic (exact) mass is 387 g/mol. The maximum Gasteiger partial charge on any atom is 0.253 e. The van der Waals surface area contributed by atoms with Gasteiger partial charge in [-0.3, -0.25) is 4.79 Å². The molecule has 3 aromatic rings. The van der Waals surface area contributed by atoms with E-state index in [1.807, 2.05) is 50.6 Å². The van der Waals surface area contributed by atoms with Crippen LogP contribution in [0, 0.1) is 13.8 Å². The van der Waals surface area contributed by atoms with Crippen LogP contribution in [0.3, 0.4) is 0 Å². The summed E-state index contributed by atoms with van der Waals surface area (Å²) in [5.41, 5.74) is 3.74. The topological polar surface area (TPSA) is 72.2 Å². The maximum atomic E-state index is 12.3. The van der Waals surface area contributed by atoms with Gasteiger partial charge in [-0.2, -0.15) is 4.98 Å². The smallest absolute Gasteiger partial charge is 0.253 e. The SMILES string of the molecule is CSc1ccc(NC(=O)CCc2c(C)nc3nc(SC)nn3c2C)cc1. The summed E-state index contributed by atoms with van der Waals surface area (Å²) >= 11 is 3.17. The minimum absolute atomic E-state index is 0.0100. The highest BCUT2D eigenvalue weighted by molar-refractivity contribution is 7.98. The molecule has 0 saturated heterocycles. The van der Waals surface area contributed by atoms with Gasteiger partial charge >= 0.3 is 0 Å². The quantitative estimate of drug-likeness (QED) is 0.650. The number of benzene rings is 1. The highest BCUT2D eigenvalue weighted by atomic mass is 32.2. The third kappa shape index (κ3) is 4.02. The molecule has 0 atom stereocenters. The van der Waals surface area contributed by atoms with Crippen molar-refractivity contribution in [3.63, 3.8) is 0 Å². The molecule has 26 heavy (non-hydrogen) atoms. The molecule has 2 heterocycles. The van der Waals surface area contributed by atoms with Crippen molar-refractivity contribution in [2.24, 2.45) is 0 Å². The van der Waals surface area contributed by atoms with E-state index in [9.17, 15) is 4.79 Å². The van der Waals surface area contributed by atoms with E-state index in [1.54, 1.807) is 16.3 Å². The van der Waals surface area contributed by atoms with E-state index in [1.165, 1.54) is 16.7 Å². The van der Waals surface area contributed by atoms with E-state index in [2.05, 4.69) is 20.4 Å². The number of thioether (sulfide) groups is 2. The van der Waals surface area contributed by atoms with Crippen molar-refractivity contribution in [1.29, 1.82) is 0 Å². The summed E-state index contributed by atoms with van der Waals surface area (Å²) < 4.78 is 1.76. The average molecular weight is 388 g/mol. The molecule has 2 aromatic heterocycles. The molecule has 0 aliphatic heterocycles. The van der Waals surface area contributed by atoms with E-state index in [0.29, 0.717) is 23.8 Å². The van der Waals surface area contributed by atoms with Crippen molar-refractivity contribution in [2.75, 3.05) is 17.8 Å². The summed E-state index contributed by atoms with van der Waals surface area (Å²) in [5, 5.41) is 8.09. The second-order valence-electron chi connectivity index (χ2n) is 5.85. The number of aryl methyl sites for hydroxylation is 2. The zero-order chi connectivity index (χ0) is 18.7. The predicted octanol–water partition coefficient (Wildman–Crippen LogP) is 3.76. The molecule has 1 amide bonds. The van der Waals surface area contributed by atoms with Crippen LogP contribution < -0.4 is 5.32 Å². The molecule has 0 spiro atoms. The number of rotatable bonds is 6. The van der Waals surface area contributed by atoms with Gasteiger partial charge in [0.05, 0.1) is 0 Å². The minimum atomic E-state index is -0.0100. The van der Waals surface area contributed by atoms with Gasteiger partial charge in [0.1, 0.15) is 0 Å². The minimum Gasteiger partial charge on any atom is -0.326 e. The Balaban J connectivity index is 1.71. The number of anilines is 1. The van der Waals surface area contributed by atoms with Crippen molar-refractivity contribution in [3.8, 4) is 0 Å². The van der Waals surface area contributed by atoms with Gasteiger partial charge in [-0.1, -0.05) is 11.8 Å². The normalized spacial score (nSPS) is 11.1. The lowest BCUT2D eigenvalue weighted by atomic mass is 10.1. The van der Waals surface area contributed by atoms with Crippen molar-refractivity contribution in [3.05, 3.63) is 41.2 Å². The predicted molar refractivity (Wildman–Crippen MR) is 107 cm³/mol. The van der Waals surface area contributed by atoms with Crippen LogP contribution in [0.25, 0.3) is 5.78 Å². The standard InChI is InChI=1S/C18H21N5OS2/c1-11-15(12(2)23-17(19-11)21-18(22-23)26-4)9-10-16(24)20-13-5-7-14(25-3)8-6-13/h5-8H,9-10H2,1-4H3,(H,20,24). The molecule has 0 fully saturated rings. The van der Waals surface area contributed by atoms with Gasteiger partial charge in [0.2, 0.25) is 11.1 Å². The number of hydrogen-bond donors (Lipinski definition) is 1. The van der Waals surface area contributed by atoms with Crippen LogP contribution in [-0.4, -0.2) is 38.0 Å². The first kappa shape index (κ1) is 18.7. The molecule has 0 saturated carbocycles. The van der Waals surface area contributed by atoms with Gasteiger partial charge in [0.25, 0.3) is 5.78 Å². The molecule has 3 rings (SSSR count). The van der Waals surface area contributed by atoms with E-state index >= 15 is 0 Å². The van der Waals surface area contributed by atoms with Crippen LogP contribution in [-0.2, 0) is 11.2 Å². The Morgan fingerprint density at radius 1 is 1.12 bits per heavy atom. The summed E-state index contributed by atoms with van der Waals surface area (Å²) in [4.78, 5) is 22.4. The second kappa shape index (κ2) is 8.09. The fourth-order valence-corrected chi connectivity index (χ4v) is 3.52. The summed E-state index contributed by atoms with van der Waals surface area (Å²) in [6, 6.07) is 7.85. The Morgan fingerprint density at radius 2 is 1.85 bits per heavy atom. The van der Waals surface area contributed by atoms with Gasteiger partial charge in [0.15, 0.2) is 0 Å². The van der Waals surface area contributed by atoms with Gasteiger partial charge in [-0.05, 0) is 62.6 Å². The number of hydrogen-bond acceptors (Lipinski definition) is 6. The number of carbonyl (C=O) groups is 1. The molecule has 8 heteroatoms. The van der Waals surface area contributed by atoms with Crippen molar-refractivity contribution >= 4 is 40.9 Å². The molecular weight excluding hydrogens is 366 g/mol. The van der Waals surface area contributed by atoms with Crippen LogP contribution in [0.2, 0.25) is 0 Å². The molecule has 6 nitrogen and oxygen atoms in total. The lowest BCUT2D eigenvalue weighted by Crippen LogP contribution is -2.14. The van der Waals surface area contributed by atoms with Crippen molar-refractivity contribution < 1.29 is 4.79 Å². The summed E-state index contributed by atoms with van der Waals surface area (Å²) in [7, 11) is 0. The van der Waals surface area contributed by atoms with Crippen LogP contribution in [0.15, 0.2) is 34.3 Å². The third-order valence-corrected chi connectivity index (χ3v) is 5.47. The van der Waals surface area contributed by atoms with Crippen LogP contribution in [0.4, 0.5) is 5.69 Å². The van der Waals surface area contributed by atoms with E-state index in [0.717, 1.165) is 22.6 Å². The van der Waals surface area contributed by atoms with Crippen LogP contribution in [0.1, 0.15) is 23.4 Å². The lowest BCUT2D eigenvalue weighted by Gasteiger charge is -2.10. The average Bonchev–Trinajstić information content (AvgIpc) is 3.05. The Bertz CT molecular complexity index is 937. The van der Waals surface area contributed by atoms with Gasteiger partial charge in [-0.25, -0.2) is 9.50 Å². The summed E-state index contributed by atoms with van der Waals surface area (Å²) in [6.45, 7) is 3.95. The Kier molecular flexibility index (Phi) is 5.83. The first-order valence-corrected chi connectivity index (χ1v) is 10.7. The van der Waals surface area contributed by atoms with Crippen LogP contribution in [0.5, 0.6) is 0 Å².